The van der Waals surface area contributed by atoms with Gasteiger partial charge in [-0.1, -0.05) is 6.92 Å². The minimum absolute atomic E-state index is 0.154. The van der Waals surface area contributed by atoms with E-state index >= 15 is 0 Å². The first kappa shape index (κ1) is 15.4. The van der Waals surface area contributed by atoms with E-state index in [0.717, 1.165) is 17.3 Å². The number of carbonyl (C=O) groups is 1. The van der Waals surface area contributed by atoms with Gasteiger partial charge in [0.2, 0.25) is 0 Å². The van der Waals surface area contributed by atoms with Gasteiger partial charge in [-0.2, -0.15) is 0 Å². The molecule has 0 spiro atoms. The van der Waals surface area contributed by atoms with Gasteiger partial charge in [0.1, 0.15) is 11.3 Å². The van der Waals surface area contributed by atoms with Gasteiger partial charge >= 0.3 is 6.03 Å². The van der Waals surface area contributed by atoms with Crippen LogP contribution < -0.4 is 5.32 Å². The summed E-state index contributed by atoms with van der Waals surface area (Å²) in [6, 6.07) is -0.353. The van der Waals surface area contributed by atoms with Crippen molar-refractivity contribution in [3.05, 3.63) is 28.2 Å². The van der Waals surface area contributed by atoms with Gasteiger partial charge in [0, 0.05) is 25.2 Å². The van der Waals surface area contributed by atoms with E-state index in [9.17, 15) is 4.79 Å². The first-order valence-corrected chi connectivity index (χ1v) is 7.62. The number of thiazole rings is 1. The zero-order valence-electron chi connectivity index (χ0n) is 12.7. The van der Waals surface area contributed by atoms with E-state index in [1.54, 1.807) is 34.2 Å². The first-order valence-electron chi connectivity index (χ1n) is 6.80. The number of nitrogens with zero attached hydrogens (tertiary/aromatic N) is 5. The molecule has 0 aliphatic heterocycles. The molecule has 21 heavy (non-hydrogen) atoms. The molecular formula is C13H20N6OS. The third-order valence-electron chi connectivity index (χ3n) is 3.14. The van der Waals surface area contributed by atoms with Gasteiger partial charge < -0.3 is 14.8 Å². The minimum Gasteiger partial charge on any atom is -0.328 e. The summed E-state index contributed by atoms with van der Waals surface area (Å²) in [5, 5.41) is 11.7. The Labute approximate surface area is 128 Å². The minimum atomic E-state index is -0.199. The highest BCUT2D eigenvalue weighted by Gasteiger charge is 2.17. The van der Waals surface area contributed by atoms with Gasteiger partial charge in [0.15, 0.2) is 5.82 Å². The Hall–Kier alpha value is -1.96. The van der Waals surface area contributed by atoms with Gasteiger partial charge in [-0.3, -0.25) is 0 Å². The highest BCUT2D eigenvalue weighted by Crippen LogP contribution is 2.15. The van der Waals surface area contributed by atoms with Crippen LogP contribution in [-0.2, 0) is 20.0 Å². The van der Waals surface area contributed by atoms with Crippen LogP contribution >= 0.6 is 11.3 Å². The Balaban J connectivity index is 1.92. The van der Waals surface area contributed by atoms with E-state index in [4.69, 9.17) is 0 Å². The van der Waals surface area contributed by atoms with Crippen LogP contribution in [0.3, 0.4) is 0 Å². The molecule has 8 heteroatoms. The standard InChI is InChI=1S/C13H20N6OS/c1-5-10-6-14-11(21-10)7-18(3)13(20)16-9(2)12-17-15-8-19(12)4/h6,8-9H,5,7H2,1-4H3,(H,16,20). The number of nitrogens with one attached hydrogen (secondary N) is 1. The lowest BCUT2D eigenvalue weighted by atomic mass is 10.3. The molecule has 0 saturated carbocycles. The van der Waals surface area contributed by atoms with E-state index in [1.165, 1.54) is 4.88 Å². The smallest absolute Gasteiger partial charge is 0.318 e. The van der Waals surface area contributed by atoms with Crippen LogP contribution in [0.25, 0.3) is 0 Å². The van der Waals surface area contributed by atoms with Crippen LogP contribution in [-0.4, -0.2) is 37.7 Å². The fourth-order valence-electron chi connectivity index (χ4n) is 1.90. The molecule has 2 aromatic rings. The number of hydrogen-bond donors (Lipinski definition) is 1. The topological polar surface area (TPSA) is 75.9 Å². The monoisotopic (exact) mass is 308 g/mol. The van der Waals surface area contributed by atoms with Crippen molar-refractivity contribution in [2.75, 3.05) is 7.05 Å². The van der Waals surface area contributed by atoms with Crippen molar-refractivity contribution in [2.45, 2.75) is 32.9 Å². The molecule has 2 heterocycles. The Bertz CT molecular complexity index is 607. The number of aromatic nitrogens is 4. The predicted molar refractivity (Wildman–Crippen MR) is 80.9 cm³/mol. The molecular weight excluding hydrogens is 288 g/mol. The van der Waals surface area contributed by atoms with E-state index < -0.39 is 0 Å². The quantitative estimate of drug-likeness (QED) is 0.913. The molecule has 7 nitrogen and oxygen atoms in total. The lowest BCUT2D eigenvalue weighted by molar-refractivity contribution is 0.203. The molecule has 0 fully saturated rings. The van der Waals surface area contributed by atoms with E-state index in [2.05, 4.69) is 27.4 Å². The molecule has 1 N–H and O–H groups in total. The summed E-state index contributed by atoms with van der Waals surface area (Å²) in [4.78, 5) is 19.3. The van der Waals surface area contributed by atoms with Crippen LogP contribution in [0.2, 0.25) is 0 Å². The molecule has 0 aliphatic rings. The Kier molecular flexibility index (Phi) is 4.89. The average Bonchev–Trinajstić information content (AvgIpc) is 3.07. The second-order valence-corrected chi connectivity index (χ2v) is 6.10. The fraction of sp³-hybridized carbons (Fsp3) is 0.538. The largest absolute Gasteiger partial charge is 0.328 e. The van der Waals surface area contributed by atoms with Crippen LogP contribution in [0.1, 0.15) is 35.6 Å². The molecule has 0 radical (unpaired) electrons. The maximum Gasteiger partial charge on any atom is 0.318 e. The molecule has 2 rings (SSSR count). The maximum absolute atomic E-state index is 12.2. The average molecular weight is 308 g/mol. The van der Waals surface area contributed by atoms with E-state index in [-0.39, 0.29) is 12.1 Å². The third kappa shape index (κ3) is 3.78. The molecule has 0 saturated heterocycles. The maximum atomic E-state index is 12.2. The van der Waals surface area contributed by atoms with Gasteiger partial charge in [0.05, 0.1) is 12.6 Å². The number of aryl methyl sites for hydroxylation is 2. The lowest BCUT2D eigenvalue weighted by Gasteiger charge is -2.20. The van der Waals surface area contributed by atoms with Gasteiger partial charge in [-0.25, -0.2) is 9.78 Å². The lowest BCUT2D eigenvalue weighted by Crippen LogP contribution is -2.38. The molecule has 114 valence electrons. The molecule has 2 amide bonds. The van der Waals surface area contributed by atoms with E-state index in [0.29, 0.717) is 6.54 Å². The summed E-state index contributed by atoms with van der Waals surface area (Å²) in [6.45, 7) is 4.48. The van der Waals surface area contributed by atoms with Crippen LogP contribution in [0, 0.1) is 0 Å². The SMILES string of the molecule is CCc1cnc(CN(C)C(=O)NC(C)c2nncn2C)s1. The first-order chi connectivity index (χ1) is 10.0. The van der Waals surface area contributed by atoms with Gasteiger partial charge in [-0.15, -0.1) is 21.5 Å². The fourth-order valence-corrected chi connectivity index (χ4v) is 2.82. The number of rotatable bonds is 5. The van der Waals surface area contributed by atoms with Crippen molar-refractivity contribution in [1.82, 2.24) is 30.0 Å². The zero-order chi connectivity index (χ0) is 15.4. The Morgan fingerprint density at radius 3 is 2.90 bits per heavy atom. The summed E-state index contributed by atoms with van der Waals surface area (Å²) < 4.78 is 1.79. The summed E-state index contributed by atoms with van der Waals surface area (Å²) in [7, 11) is 3.61. The number of carbonyl (C=O) groups excluding carboxylic acids is 1. The molecule has 0 aliphatic carbocycles. The third-order valence-corrected chi connectivity index (χ3v) is 4.27. The van der Waals surface area contributed by atoms with E-state index in [1.807, 2.05) is 20.2 Å². The highest BCUT2D eigenvalue weighted by atomic mass is 32.1. The number of amides is 2. The molecule has 0 bridgehead atoms. The van der Waals surface area contributed by atoms with Crippen LogP contribution in [0.15, 0.2) is 12.5 Å². The van der Waals surface area contributed by atoms with Crippen LogP contribution in [0.5, 0.6) is 0 Å². The zero-order valence-corrected chi connectivity index (χ0v) is 13.5. The van der Waals surface area contributed by atoms with Crippen molar-refractivity contribution in [2.24, 2.45) is 7.05 Å². The van der Waals surface area contributed by atoms with Crippen molar-refractivity contribution < 1.29 is 4.79 Å². The molecule has 2 aromatic heterocycles. The summed E-state index contributed by atoms with van der Waals surface area (Å²) in [5.41, 5.74) is 0. The summed E-state index contributed by atoms with van der Waals surface area (Å²) in [6.07, 6.45) is 4.45. The second kappa shape index (κ2) is 6.66. The van der Waals surface area contributed by atoms with Crippen molar-refractivity contribution >= 4 is 17.4 Å². The molecule has 0 aromatic carbocycles. The van der Waals surface area contributed by atoms with Crippen molar-refractivity contribution in [3.8, 4) is 0 Å². The summed E-state index contributed by atoms with van der Waals surface area (Å²) >= 11 is 1.64. The summed E-state index contributed by atoms with van der Waals surface area (Å²) in [5.74, 6) is 0.722. The normalized spacial score (nSPS) is 12.2. The molecule has 1 unspecified atom stereocenters. The Morgan fingerprint density at radius 2 is 2.33 bits per heavy atom. The molecule has 1 atom stereocenters. The van der Waals surface area contributed by atoms with Crippen LogP contribution in [0.4, 0.5) is 4.79 Å². The predicted octanol–water partition coefficient (Wildman–Crippen LogP) is 1.74. The number of hydrogen-bond acceptors (Lipinski definition) is 5. The highest BCUT2D eigenvalue weighted by molar-refractivity contribution is 7.11. The Morgan fingerprint density at radius 1 is 1.57 bits per heavy atom. The second-order valence-electron chi connectivity index (χ2n) is 4.90. The van der Waals surface area contributed by atoms with Crippen molar-refractivity contribution in [3.63, 3.8) is 0 Å². The number of urea groups is 1. The van der Waals surface area contributed by atoms with Gasteiger partial charge in [0.25, 0.3) is 0 Å². The van der Waals surface area contributed by atoms with Crippen molar-refractivity contribution in [1.29, 1.82) is 0 Å². The van der Waals surface area contributed by atoms with Gasteiger partial charge in [-0.05, 0) is 13.3 Å².